The highest BCUT2D eigenvalue weighted by atomic mass is 35.5. The lowest BCUT2D eigenvalue weighted by atomic mass is 10.2. The van der Waals surface area contributed by atoms with Crippen LogP contribution in [-0.4, -0.2) is 19.9 Å². The summed E-state index contributed by atoms with van der Waals surface area (Å²) in [5.74, 6) is 0. The predicted molar refractivity (Wildman–Crippen MR) is 84.5 cm³/mol. The summed E-state index contributed by atoms with van der Waals surface area (Å²) < 4.78 is 27.5. The summed E-state index contributed by atoms with van der Waals surface area (Å²) in [5.41, 5.74) is 1.62. The van der Waals surface area contributed by atoms with Crippen molar-refractivity contribution < 1.29 is 8.42 Å². The van der Waals surface area contributed by atoms with Crippen LogP contribution in [0.3, 0.4) is 0 Å². The third-order valence-corrected chi connectivity index (χ3v) is 6.12. The van der Waals surface area contributed by atoms with Gasteiger partial charge in [0.1, 0.15) is 0 Å². The minimum Gasteiger partial charge on any atom is -0.311 e. The third-order valence-electron chi connectivity index (χ3n) is 3.26. The summed E-state index contributed by atoms with van der Waals surface area (Å²) in [4.78, 5) is 5.64. The van der Waals surface area contributed by atoms with Crippen molar-refractivity contribution in [3.8, 4) is 0 Å². The van der Waals surface area contributed by atoms with Crippen LogP contribution in [-0.2, 0) is 23.0 Å². The lowest BCUT2D eigenvalue weighted by Crippen LogP contribution is -2.22. The molecule has 0 spiro atoms. The van der Waals surface area contributed by atoms with Gasteiger partial charge in [0.05, 0.1) is 10.6 Å². The Morgan fingerprint density at radius 1 is 1.43 bits per heavy atom. The summed E-state index contributed by atoms with van der Waals surface area (Å²) in [6, 6.07) is 4.81. The zero-order valence-electron chi connectivity index (χ0n) is 11.3. The molecule has 0 saturated carbocycles. The second kappa shape index (κ2) is 5.57. The van der Waals surface area contributed by atoms with Crippen LogP contribution in [0.4, 0.5) is 5.13 Å². The monoisotopic (exact) mass is 343 g/mol. The van der Waals surface area contributed by atoms with Gasteiger partial charge in [0, 0.05) is 29.4 Å². The summed E-state index contributed by atoms with van der Waals surface area (Å²) >= 11 is 7.26. The average molecular weight is 344 g/mol. The van der Waals surface area contributed by atoms with Gasteiger partial charge in [-0.05, 0) is 24.6 Å². The highest BCUT2D eigenvalue weighted by Crippen LogP contribution is 2.28. The van der Waals surface area contributed by atoms with Crippen LogP contribution in [0.2, 0.25) is 5.02 Å². The molecule has 2 N–H and O–H groups in total. The average Bonchev–Trinajstić information content (AvgIpc) is 2.82. The number of benzene rings is 1. The van der Waals surface area contributed by atoms with Crippen molar-refractivity contribution in [1.29, 1.82) is 0 Å². The Bertz CT molecular complexity index is 763. The van der Waals surface area contributed by atoms with Gasteiger partial charge in [-0.25, -0.2) is 13.4 Å². The SMILES string of the molecule is Cc1ccc(Cl)cc1S(=O)(=O)Nc1nc2c(s1)CNCC2. The van der Waals surface area contributed by atoms with Crippen molar-refractivity contribution in [3.05, 3.63) is 39.4 Å². The van der Waals surface area contributed by atoms with Crippen molar-refractivity contribution in [1.82, 2.24) is 10.3 Å². The lowest BCUT2D eigenvalue weighted by Gasteiger charge is -2.09. The maximum absolute atomic E-state index is 12.5. The van der Waals surface area contributed by atoms with Crippen LogP contribution in [0.25, 0.3) is 0 Å². The fourth-order valence-corrected chi connectivity index (χ4v) is 4.92. The second-order valence-electron chi connectivity index (χ2n) is 4.83. The molecule has 1 aromatic heterocycles. The van der Waals surface area contributed by atoms with Gasteiger partial charge >= 0.3 is 0 Å². The van der Waals surface area contributed by atoms with Gasteiger partial charge in [-0.3, -0.25) is 4.72 Å². The number of aryl methyl sites for hydroxylation is 1. The molecule has 5 nitrogen and oxygen atoms in total. The predicted octanol–water partition coefficient (Wildman–Crippen LogP) is 2.55. The first kappa shape index (κ1) is 14.8. The zero-order valence-corrected chi connectivity index (χ0v) is 13.7. The number of rotatable bonds is 3. The number of fused-ring (bicyclic) bond motifs is 1. The molecule has 3 rings (SSSR count). The number of nitrogens with zero attached hydrogens (tertiary/aromatic N) is 1. The standard InChI is InChI=1S/C13H14ClN3O2S2/c1-8-2-3-9(14)6-12(8)21(18,19)17-13-16-10-4-5-15-7-11(10)20-13/h2-3,6,15H,4-5,7H2,1H3,(H,16,17). The van der Waals surface area contributed by atoms with E-state index in [1.54, 1.807) is 19.1 Å². The van der Waals surface area contributed by atoms with Crippen LogP contribution in [0.5, 0.6) is 0 Å². The summed E-state index contributed by atoms with van der Waals surface area (Å²) in [6.07, 6.45) is 0.823. The van der Waals surface area contributed by atoms with Crippen molar-refractivity contribution in [2.24, 2.45) is 0 Å². The molecule has 0 aliphatic carbocycles. The number of halogens is 1. The molecule has 0 amide bonds. The van der Waals surface area contributed by atoms with Gasteiger partial charge in [0.25, 0.3) is 10.0 Å². The van der Waals surface area contributed by atoms with Crippen molar-refractivity contribution in [3.63, 3.8) is 0 Å². The molecule has 0 bridgehead atoms. The van der Waals surface area contributed by atoms with E-state index in [-0.39, 0.29) is 4.90 Å². The molecule has 2 heterocycles. The Labute approximate surface area is 132 Å². The molecule has 1 aromatic carbocycles. The molecule has 0 fully saturated rings. The highest BCUT2D eigenvalue weighted by Gasteiger charge is 2.21. The van der Waals surface area contributed by atoms with E-state index in [9.17, 15) is 8.42 Å². The molecular formula is C13H14ClN3O2S2. The number of sulfonamides is 1. The number of anilines is 1. The Morgan fingerprint density at radius 2 is 2.24 bits per heavy atom. The molecule has 8 heteroatoms. The van der Waals surface area contributed by atoms with Crippen LogP contribution < -0.4 is 10.0 Å². The van der Waals surface area contributed by atoms with E-state index >= 15 is 0 Å². The molecule has 0 unspecified atom stereocenters. The van der Waals surface area contributed by atoms with E-state index in [4.69, 9.17) is 11.6 Å². The van der Waals surface area contributed by atoms with E-state index in [0.29, 0.717) is 15.7 Å². The fraction of sp³-hybridized carbons (Fsp3) is 0.308. The number of nitrogens with one attached hydrogen (secondary N) is 2. The van der Waals surface area contributed by atoms with E-state index in [1.807, 2.05) is 0 Å². The largest absolute Gasteiger partial charge is 0.311 e. The summed E-state index contributed by atoms with van der Waals surface area (Å²) in [6.45, 7) is 3.35. The van der Waals surface area contributed by atoms with E-state index in [2.05, 4.69) is 15.0 Å². The van der Waals surface area contributed by atoms with Gasteiger partial charge in [-0.2, -0.15) is 0 Å². The van der Waals surface area contributed by atoms with E-state index in [0.717, 1.165) is 30.1 Å². The Balaban J connectivity index is 1.92. The molecular weight excluding hydrogens is 330 g/mol. The molecule has 0 radical (unpaired) electrons. The molecule has 2 aromatic rings. The second-order valence-corrected chi connectivity index (χ2v) is 8.00. The first-order valence-corrected chi connectivity index (χ1v) is 9.12. The van der Waals surface area contributed by atoms with Crippen LogP contribution in [0, 0.1) is 6.92 Å². The third kappa shape index (κ3) is 3.06. The number of aromatic nitrogens is 1. The van der Waals surface area contributed by atoms with Gasteiger partial charge in [0.2, 0.25) is 0 Å². The fourth-order valence-electron chi connectivity index (χ4n) is 2.20. The van der Waals surface area contributed by atoms with Gasteiger partial charge < -0.3 is 5.32 Å². The van der Waals surface area contributed by atoms with E-state index in [1.165, 1.54) is 17.4 Å². The number of hydrogen-bond donors (Lipinski definition) is 2. The molecule has 21 heavy (non-hydrogen) atoms. The molecule has 112 valence electrons. The quantitative estimate of drug-likeness (QED) is 0.898. The number of hydrogen-bond acceptors (Lipinski definition) is 5. The van der Waals surface area contributed by atoms with Crippen molar-refractivity contribution in [2.45, 2.75) is 24.8 Å². The van der Waals surface area contributed by atoms with Crippen molar-refractivity contribution >= 4 is 38.1 Å². The normalized spacial score (nSPS) is 14.8. The first-order valence-electron chi connectivity index (χ1n) is 6.44. The highest BCUT2D eigenvalue weighted by molar-refractivity contribution is 7.93. The van der Waals surface area contributed by atoms with Gasteiger partial charge in [-0.1, -0.05) is 29.0 Å². The summed E-state index contributed by atoms with van der Waals surface area (Å²) in [5, 5.41) is 4.04. The smallest absolute Gasteiger partial charge is 0.263 e. The number of thiazole rings is 1. The Hall–Kier alpha value is -1.15. The maximum atomic E-state index is 12.5. The van der Waals surface area contributed by atoms with Crippen LogP contribution in [0.1, 0.15) is 16.1 Å². The minimum atomic E-state index is -3.67. The van der Waals surface area contributed by atoms with Gasteiger partial charge in [0.15, 0.2) is 5.13 Å². The Morgan fingerprint density at radius 3 is 3.00 bits per heavy atom. The van der Waals surface area contributed by atoms with Crippen molar-refractivity contribution in [2.75, 3.05) is 11.3 Å². The zero-order chi connectivity index (χ0) is 15.0. The molecule has 0 saturated heterocycles. The Kier molecular flexibility index (Phi) is 3.92. The van der Waals surface area contributed by atoms with Crippen LogP contribution >= 0.6 is 22.9 Å². The molecule has 0 atom stereocenters. The lowest BCUT2D eigenvalue weighted by molar-refractivity contribution is 0.600. The topological polar surface area (TPSA) is 71.1 Å². The first-order chi connectivity index (χ1) is 9.95. The van der Waals surface area contributed by atoms with Gasteiger partial charge in [-0.15, -0.1) is 0 Å². The van der Waals surface area contributed by atoms with E-state index < -0.39 is 10.0 Å². The maximum Gasteiger partial charge on any atom is 0.263 e. The van der Waals surface area contributed by atoms with Crippen LogP contribution in [0.15, 0.2) is 23.1 Å². The summed E-state index contributed by atoms with van der Waals surface area (Å²) in [7, 11) is -3.67. The molecule has 1 aliphatic rings. The molecule has 1 aliphatic heterocycles. The minimum absolute atomic E-state index is 0.182.